The molecule has 0 aliphatic carbocycles. The maximum absolute atomic E-state index is 13.8. The van der Waals surface area contributed by atoms with Gasteiger partial charge in [-0.2, -0.15) is 0 Å². The molecule has 0 radical (unpaired) electrons. The predicted molar refractivity (Wildman–Crippen MR) is 123 cm³/mol. The van der Waals surface area contributed by atoms with E-state index in [0.717, 1.165) is 10.9 Å². The van der Waals surface area contributed by atoms with E-state index in [1.165, 1.54) is 23.5 Å². The van der Waals surface area contributed by atoms with Crippen molar-refractivity contribution in [3.05, 3.63) is 70.9 Å². The first kappa shape index (κ1) is 22.2. The van der Waals surface area contributed by atoms with Crippen molar-refractivity contribution in [1.82, 2.24) is 19.8 Å². The zero-order valence-corrected chi connectivity index (χ0v) is 19.5. The van der Waals surface area contributed by atoms with E-state index in [9.17, 15) is 18.4 Å². The molecule has 0 saturated carbocycles. The lowest BCUT2D eigenvalue weighted by Gasteiger charge is -2.37. The molecule has 180 valence electrons. The highest BCUT2D eigenvalue weighted by Gasteiger charge is 2.58. The van der Waals surface area contributed by atoms with Crippen molar-refractivity contribution in [3.8, 4) is 10.7 Å². The van der Waals surface area contributed by atoms with Gasteiger partial charge in [0, 0.05) is 44.4 Å². The lowest BCUT2D eigenvalue weighted by atomic mass is 9.89. The number of carbonyl (C=O) groups excluding carboxylic acids is 2. The van der Waals surface area contributed by atoms with E-state index < -0.39 is 29.5 Å². The topological polar surface area (TPSA) is 75.6 Å². The number of piperidine rings is 1. The van der Waals surface area contributed by atoms with Crippen molar-refractivity contribution in [2.24, 2.45) is 0 Å². The summed E-state index contributed by atoms with van der Waals surface area (Å²) in [5.74, 6) is -1.09. The second-order valence-corrected chi connectivity index (χ2v) is 10.0. The van der Waals surface area contributed by atoms with Crippen LogP contribution in [0.2, 0.25) is 0 Å². The van der Waals surface area contributed by atoms with E-state index in [4.69, 9.17) is 4.74 Å². The Hall–Kier alpha value is -3.24. The van der Waals surface area contributed by atoms with Gasteiger partial charge in [0.15, 0.2) is 11.4 Å². The standard InChI is InChI=1S/C25H22F2N4O3S/c26-16-12-15(13-17(27)14-16)19-2-3-20-31(19)24(33)25(34-20)5-9-30(10-6-25)23(32)18-4-11-35-21(18)22-28-7-1-8-29-22/h1,4,7-8,11-14,19-20H,2-3,5-6,9-10H2/t19-,20?/m0/s1. The van der Waals surface area contributed by atoms with Gasteiger partial charge in [-0.15, -0.1) is 11.3 Å². The van der Waals surface area contributed by atoms with E-state index in [0.29, 0.717) is 55.7 Å². The molecule has 3 fully saturated rings. The lowest BCUT2D eigenvalue weighted by molar-refractivity contribution is -0.142. The quantitative estimate of drug-likeness (QED) is 0.544. The molecule has 3 aliphatic heterocycles. The van der Waals surface area contributed by atoms with Crippen molar-refractivity contribution >= 4 is 23.2 Å². The van der Waals surface area contributed by atoms with E-state index in [1.807, 2.05) is 5.38 Å². The number of hydrogen-bond donors (Lipinski definition) is 0. The summed E-state index contributed by atoms with van der Waals surface area (Å²) in [5.41, 5.74) is -0.0178. The summed E-state index contributed by atoms with van der Waals surface area (Å²) in [4.78, 5) is 39.5. The van der Waals surface area contributed by atoms with Crippen LogP contribution in [0.5, 0.6) is 0 Å². The first-order valence-corrected chi connectivity index (χ1v) is 12.4. The van der Waals surface area contributed by atoms with Crippen LogP contribution in [0.1, 0.15) is 47.6 Å². The third kappa shape index (κ3) is 3.71. The van der Waals surface area contributed by atoms with Gasteiger partial charge < -0.3 is 14.5 Å². The van der Waals surface area contributed by atoms with Gasteiger partial charge in [0.05, 0.1) is 16.5 Å². The molecule has 0 N–H and O–H groups in total. The van der Waals surface area contributed by atoms with Gasteiger partial charge in [-0.3, -0.25) is 9.59 Å². The van der Waals surface area contributed by atoms with Crippen molar-refractivity contribution in [1.29, 1.82) is 0 Å². The first-order chi connectivity index (χ1) is 16.9. The number of ether oxygens (including phenoxy) is 1. The number of rotatable bonds is 3. The highest BCUT2D eigenvalue weighted by atomic mass is 32.1. The Kier molecular flexibility index (Phi) is 5.37. The molecular weight excluding hydrogens is 474 g/mol. The number of halogens is 2. The number of likely N-dealkylation sites (tertiary alicyclic amines) is 1. The van der Waals surface area contributed by atoms with Crippen LogP contribution < -0.4 is 0 Å². The van der Waals surface area contributed by atoms with Crippen LogP contribution in [0, 0.1) is 11.6 Å². The average Bonchev–Trinajstić information content (AvgIpc) is 3.56. The van der Waals surface area contributed by atoms with Crippen LogP contribution in [0.3, 0.4) is 0 Å². The summed E-state index contributed by atoms with van der Waals surface area (Å²) in [6.07, 6.45) is 4.80. The SMILES string of the molecule is O=C(c1ccsc1-c1ncccn1)N1CCC2(CC1)OC1CC[C@@H](c3cc(F)cc(F)c3)N1C2=O. The molecule has 1 spiro atoms. The molecule has 7 nitrogen and oxygen atoms in total. The first-order valence-electron chi connectivity index (χ1n) is 11.6. The van der Waals surface area contributed by atoms with Gasteiger partial charge in [-0.05, 0) is 48.1 Å². The fourth-order valence-electron chi connectivity index (χ4n) is 5.45. The zero-order valence-electron chi connectivity index (χ0n) is 18.7. The summed E-state index contributed by atoms with van der Waals surface area (Å²) in [6, 6.07) is 6.47. The van der Waals surface area contributed by atoms with Gasteiger partial charge in [-0.1, -0.05) is 0 Å². The molecule has 10 heteroatoms. The van der Waals surface area contributed by atoms with Crippen molar-refractivity contribution in [2.45, 2.75) is 43.6 Å². The molecule has 3 aliphatic rings. The Labute approximate surface area is 204 Å². The van der Waals surface area contributed by atoms with Gasteiger partial charge in [0.2, 0.25) is 0 Å². The van der Waals surface area contributed by atoms with Gasteiger partial charge in [0.25, 0.3) is 11.8 Å². The number of carbonyl (C=O) groups is 2. The Morgan fingerprint density at radius 3 is 2.51 bits per heavy atom. The minimum Gasteiger partial charge on any atom is -0.342 e. The third-order valence-corrected chi connectivity index (χ3v) is 8.02. The maximum atomic E-state index is 13.8. The monoisotopic (exact) mass is 496 g/mol. The summed E-state index contributed by atoms with van der Waals surface area (Å²) < 4.78 is 33.9. The van der Waals surface area contributed by atoms with Crippen LogP contribution in [0.4, 0.5) is 8.78 Å². The summed E-state index contributed by atoms with van der Waals surface area (Å²) >= 11 is 1.41. The molecule has 3 saturated heterocycles. The van der Waals surface area contributed by atoms with Crippen LogP contribution in [0.15, 0.2) is 48.1 Å². The molecule has 3 aromatic rings. The van der Waals surface area contributed by atoms with Crippen LogP contribution in [0.25, 0.3) is 10.7 Å². The van der Waals surface area contributed by atoms with Gasteiger partial charge in [-0.25, -0.2) is 18.7 Å². The fourth-order valence-corrected chi connectivity index (χ4v) is 6.28. The second-order valence-electron chi connectivity index (χ2n) is 9.10. The molecular formula is C25H22F2N4O3S. The van der Waals surface area contributed by atoms with Crippen molar-refractivity contribution in [2.75, 3.05) is 13.1 Å². The van der Waals surface area contributed by atoms with Crippen molar-refractivity contribution < 1.29 is 23.1 Å². The fraction of sp³-hybridized carbons (Fsp3) is 0.360. The van der Waals surface area contributed by atoms with E-state index in [2.05, 4.69) is 9.97 Å². The molecule has 5 heterocycles. The Balaban J connectivity index is 1.18. The molecule has 2 amide bonds. The average molecular weight is 497 g/mol. The number of amides is 2. The van der Waals surface area contributed by atoms with E-state index in [1.54, 1.807) is 34.3 Å². The Morgan fingerprint density at radius 2 is 1.80 bits per heavy atom. The summed E-state index contributed by atoms with van der Waals surface area (Å²) in [5, 5.41) is 1.85. The van der Waals surface area contributed by atoms with Crippen LogP contribution >= 0.6 is 11.3 Å². The number of aromatic nitrogens is 2. The molecule has 1 aromatic carbocycles. The normalized spacial score (nSPS) is 23.2. The maximum Gasteiger partial charge on any atom is 0.257 e. The molecule has 35 heavy (non-hydrogen) atoms. The summed E-state index contributed by atoms with van der Waals surface area (Å²) in [6.45, 7) is 0.741. The minimum absolute atomic E-state index is 0.123. The number of thiophene rings is 1. The largest absolute Gasteiger partial charge is 0.342 e. The van der Waals surface area contributed by atoms with Crippen LogP contribution in [-0.4, -0.2) is 56.5 Å². The molecule has 6 rings (SSSR count). The highest BCUT2D eigenvalue weighted by molar-refractivity contribution is 7.14. The molecule has 2 atom stereocenters. The predicted octanol–water partition coefficient (Wildman–Crippen LogP) is 4.18. The minimum atomic E-state index is -1.01. The van der Waals surface area contributed by atoms with Gasteiger partial charge >= 0.3 is 0 Å². The molecule has 2 aromatic heterocycles. The molecule has 0 bridgehead atoms. The number of benzene rings is 1. The Morgan fingerprint density at radius 1 is 1.09 bits per heavy atom. The van der Waals surface area contributed by atoms with Gasteiger partial charge in [0.1, 0.15) is 17.9 Å². The Bertz CT molecular complexity index is 1270. The second kappa shape index (κ2) is 8.46. The number of hydrogen-bond acceptors (Lipinski definition) is 6. The van der Waals surface area contributed by atoms with E-state index in [-0.39, 0.29) is 11.8 Å². The zero-order chi connectivity index (χ0) is 24.2. The highest BCUT2D eigenvalue weighted by Crippen LogP contribution is 2.48. The third-order valence-electron chi connectivity index (χ3n) is 7.11. The van der Waals surface area contributed by atoms with Crippen LogP contribution in [-0.2, 0) is 9.53 Å². The molecule has 1 unspecified atom stereocenters. The van der Waals surface area contributed by atoms with E-state index >= 15 is 0 Å². The number of nitrogens with zero attached hydrogens (tertiary/aromatic N) is 4. The lowest BCUT2D eigenvalue weighted by Crippen LogP contribution is -2.51. The summed E-state index contributed by atoms with van der Waals surface area (Å²) in [7, 11) is 0. The smallest absolute Gasteiger partial charge is 0.257 e. The number of fused-ring (bicyclic) bond motifs is 1. The van der Waals surface area contributed by atoms with Crippen molar-refractivity contribution in [3.63, 3.8) is 0 Å².